The molecule has 0 unspecified atom stereocenters. The van der Waals surface area contributed by atoms with E-state index >= 15 is 0 Å². The molecule has 2 aliphatic rings. The van der Waals surface area contributed by atoms with E-state index in [0.717, 1.165) is 0 Å². The molecular weight excluding hydrogens is 314 g/mol. The van der Waals surface area contributed by atoms with E-state index in [0.29, 0.717) is 43.2 Å². The predicted octanol–water partition coefficient (Wildman–Crippen LogP) is 1.27. The summed E-state index contributed by atoms with van der Waals surface area (Å²) in [6.45, 7) is 1.33. The number of carboxylic acid groups (broad SMARTS) is 1. The Bertz CT molecular complexity index is 660. The van der Waals surface area contributed by atoms with Crippen molar-refractivity contribution in [1.29, 1.82) is 0 Å². The monoisotopic (exact) mass is 335 g/mol. The van der Waals surface area contributed by atoms with E-state index in [1.165, 1.54) is 14.2 Å². The van der Waals surface area contributed by atoms with Crippen LogP contribution in [0.2, 0.25) is 0 Å². The van der Waals surface area contributed by atoms with Gasteiger partial charge in [-0.3, -0.25) is 9.59 Å². The zero-order chi connectivity index (χ0) is 17.3. The first-order valence-electron chi connectivity index (χ1n) is 7.84. The van der Waals surface area contributed by atoms with E-state index in [2.05, 4.69) is 0 Å². The molecule has 130 valence electrons. The van der Waals surface area contributed by atoms with Gasteiger partial charge >= 0.3 is 5.97 Å². The molecule has 7 heteroatoms. The molecule has 0 aromatic heterocycles. The number of benzene rings is 1. The summed E-state index contributed by atoms with van der Waals surface area (Å²) in [6.07, 6.45) is 0.423. The number of hydrogen-bond acceptors (Lipinski definition) is 5. The summed E-state index contributed by atoms with van der Waals surface area (Å²) in [6, 6.07) is 5.00. The molecule has 2 heterocycles. The summed E-state index contributed by atoms with van der Waals surface area (Å²) >= 11 is 0. The molecule has 1 aromatic carbocycles. The third-order valence-electron chi connectivity index (χ3n) is 5.06. The lowest BCUT2D eigenvalue weighted by Gasteiger charge is -2.33. The number of amides is 1. The van der Waals surface area contributed by atoms with Crippen LogP contribution in [0.3, 0.4) is 0 Å². The molecule has 0 spiro atoms. The predicted molar refractivity (Wildman–Crippen MR) is 84.4 cm³/mol. The fraction of sp³-hybridized carbons (Fsp3) is 0.529. The molecule has 0 bridgehead atoms. The van der Waals surface area contributed by atoms with Crippen LogP contribution in [-0.4, -0.2) is 62.4 Å². The van der Waals surface area contributed by atoms with E-state index in [-0.39, 0.29) is 18.4 Å². The van der Waals surface area contributed by atoms with Gasteiger partial charge in [0, 0.05) is 25.6 Å². The van der Waals surface area contributed by atoms with Crippen molar-refractivity contribution in [1.82, 2.24) is 4.90 Å². The van der Waals surface area contributed by atoms with Crippen LogP contribution in [0.15, 0.2) is 18.2 Å². The summed E-state index contributed by atoms with van der Waals surface area (Å²) in [5.41, 5.74) is -0.544. The third-order valence-corrected chi connectivity index (χ3v) is 5.06. The van der Waals surface area contributed by atoms with Crippen LogP contribution in [0.5, 0.6) is 11.5 Å². The minimum Gasteiger partial charge on any atom is -0.497 e. The van der Waals surface area contributed by atoms with Crippen molar-refractivity contribution >= 4 is 11.9 Å². The normalized spacial score (nSPS) is 25.9. The van der Waals surface area contributed by atoms with E-state index in [1.54, 1.807) is 23.1 Å². The third kappa shape index (κ3) is 2.58. The number of ether oxygens (including phenoxy) is 3. The van der Waals surface area contributed by atoms with Gasteiger partial charge in [0.15, 0.2) is 0 Å². The molecule has 1 amide bonds. The van der Waals surface area contributed by atoms with E-state index in [9.17, 15) is 14.7 Å². The Hall–Kier alpha value is -2.28. The number of carbonyl (C=O) groups is 2. The van der Waals surface area contributed by atoms with Gasteiger partial charge in [0.2, 0.25) is 0 Å². The summed E-state index contributed by atoms with van der Waals surface area (Å²) in [5.74, 6) is -0.308. The topological polar surface area (TPSA) is 85.3 Å². The quantitative estimate of drug-likeness (QED) is 0.892. The number of aliphatic carboxylic acids is 1. The Morgan fingerprint density at radius 2 is 2.12 bits per heavy atom. The molecule has 2 aliphatic heterocycles. The molecule has 1 N–H and O–H groups in total. The van der Waals surface area contributed by atoms with Gasteiger partial charge in [-0.05, 0) is 24.6 Å². The Labute approximate surface area is 140 Å². The largest absolute Gasteiger partial charge is 0.497 e. The zero-order valence-electron chi connectivity index (χ0n) is 13.8. The number of fused-ring (bicyclic) bond motifs is 1. The number of carbonyl (C=O) groups excluding carboxylic acids is 1. The van der Waals surface area contributed by atoms with Crippen LogP contribution in [-0.2, 0) is 9.53 Å². The molecule has 2 fully saturated rings. The smallest absolute Gasteiger partial charge is 0.311 e. The van der Waals surface area contributed by atoms with E-state index in [4.69, 9.17) is 14.2 Å². The Morgan fingerprint density at radius 3 is 2.75 bits per heavy atom. The van der Waals surface area contributed by atoms with Crippen LogP contribution >= 0.6 is 0 Å². The highest BCUT2D eigenvalue weighted by atomic mass is 16.5. The van der Waals surface area contributed by atoms with Crippen LogP contribution in [0.1, 0.15) is 16.8 Å². The highest BCUT2D eigenvalue weighted by Crippen LogP contribution is 2.43. The van der Waals surface area contributed by atoms with Crippen LogP contribution in [0, 0.1) is 11.3 Å². The van der Waals surface area contributed by atoms with Gasteiger partial charge in [-0.15, -0.1) is 0 Å². The first-order valence-corrected chi connectivity index (χ1v) is 7.84. The average molecular weight is 335 g/mol. The summed E-state index contributed by atoms with van der Waals surface area (Å²) < 4.78 is 15.9. The van der Waals surface area contributed by atoms with Gasteiger partial charge in [-0.1, -0.05) is 0 Å². The van der Waals surface area contributed by atoms with Gasteiger partial charge in [0.1, 0.15) is 11.5 Å². The Balaban J connectivity index is 1.90. The van der Waals surface area contributed by atoms with Crippen LogP contribution in [0.25, 0.3) is 0 Å². The maximum absolute atomic E-state index is 13.0. The number of carboxylic acids is 1. The Kier molecular flexibility index (Phi) is 4.36. The lowest BCUT2D eigenvalue weighted by atomic mass is 9.74. The maximum atomic E-state index is 13.0. The first kappa shape index (κ1) is 16.6. The maximum Gasteiger partial charge on any atom is 0.311 e. The van der Waals surface area contributed by atoms with Crippen molar-refractivity contribution < 1.29 is 28.9 Å². The van der Waals surface area contributed by atoms with Crippen molar-refractivity contribution in [2.24, 2.45) is 11.3 Å². The molecule has 0 saturated carbocycles. The second-order valence-corrected chi connectivity index (χ2v) is 6.24. The highest BCUT2D eigenvalue weighted by Gasteiger charge is 2.55. The minimum atomic E-state index is -0.917. The summed E-state index contributed by atoms with van der Waals surface area (Å²) in [4.78, 5) is 26.4. The lowest BCUT2D eigenvalue weighted by molar-refractivity contribution is -0.157. The van der Waals surface area contributed by atoms with Gasteiger partial charge in [-0.25, -0.2) is 0 Å². The molecule has 0 aliphatic carbocycles. The molecule has 7 nitrogen and oxygen atoms in total. The van der Waals surface area contributed by atoms with Crippen molar-refractivity contribution in [3.05, 3.63) is 23.8 Å². The van der Waals surface area contributed by atoms with E-state index in [1.807, 2.05) is 0 Å². The second kappa shape index (κ2) is 6.32. The van der Waals surface area contributed by atoms with Gasteiger partial charge < -0.3 is 24.2 Å². The van der Waals surface area contributed by atoms with Crippen molar-refractivity contribution in [3.8, 4) is 11.5 Å². The van der Waals surface area contributed by atoms with E-state index < -0.39 is 11.4 Å². The molecular formula is C17H21NO6. The van der Waals surface area contributed by atoms with Crippen LogP contribution in [0.4, 0.5) is 0 Å². The summed E-state index contributed by atoms with van der Waals surface area (Å²) in [5, 5.41) is 9.71. The van der Waals surface area contributed by atoms with Crippen molar-refractivity contribution in [2.75, 3.05) is 40.5 Å². The molecule has 24 heavy (non-hydrogen) atoms. The number of nitrogens with zero attached hydrogens (tertiary/aromatic N) is 1. The molecule has 2 saturated heterocycles. The SMILES string of the molecule is COc1ccc(OC)c(C(=O)N2C[C@H]3COCC[C@@]3(C(=O)O)C2)c1. The number of likely N-dealkylation sites (tertiary alicyclic amines) is 1. The standard InChI is InChI=1S/C17H21NO6/c1-22-12-3-4-14(23-2)13(7-12)15(19)18-8-11-9-24-6-5-17(11,10-18)16(20)21/h3-4,7,11H,5-6,8-10H2,1-2H3,(H,20,21)/t11-,17+/m0/s1. The van der Waals surface area contributed by atoms with Crippen LogP contribution < -0.4 is 9.47 Å². The first-order chi connectivity index (χ1) is 11.5. The molecule has 3 rings (SSSR count). The van der Waals surface area contributed by atoms with Crippen molar-refractivity contribution in [3.63, 3.8) is 0 Å². The number of methoxy groups -OCH3 is 2. The Morgan fingerprint density at radius 1 is 1.33 bits per heavy atom. The summed E-state index contributed by atoms with van der Waals surface area (Å²) in [7, 11) is 3.02. The molecule has 1 aromatic rings. The fourth-order valence-electron chi connectivity index (χ4n) is 3.61. The lowest BCUT2D eigenvalue weighted by Crippen LogP contribution is -2.45. The average Bonchev–Trinajstić information content (AvgIpc) is 3.01. The number of hydrogen-bond donors (Lipinski definition) is 1. The minimum absolute atomic E-state index is 0.190. The fourth-order valence-corrected chi connectivity index (χ4v) is 3.61. The van der Waals surface area contributed by atoms with Gasteiger partial charge in [-0.2, -0.15) is 0 Å². The molecule has 0 radical (unpaired) electrons. The van der Waals surface area contributed by atoms with Gasteiger partial charge in [0.05, 0.1) is 31.8 Å². The highest BCUT2D eigenvalue weighted by molar-refractivity contribution is 5.98. The second-order valence-electron chi connectivity index (χ2n) is 6.24. The molecule has 2 atom stereocenters. The van der Waals surface area contributed by atoms with Gasteiger partial charge in [0.25, 0.3) is 5.91 Å². The zero-order valence-corrected chi connectivity index (χ0v) is 13.8. The van der Waals surface area contributed by atoms with Crippen molar-refractivity contribution in [2.45, 2.75) is 6.42 Å². The number of rotatable bonds is 4.